The van der Waals surface area contributed by atoms with Crippen LogP contribution in [0.3, 0.4) is 0 Å². The van der Waals surface area contributed by atoms with Crippen molar-refractivity contribution in [3.05, 3.63) is 82.7 Å². The van der Waals surface area contributed by atoms with Gasteiger partial charge in [0.15, 0.2) is 0 Å². The van der Waals surface area contributed by atoms with Gasteiger partial charge in [-0.2, -0.15) is 0 Å². The quantitative estimate of drug-likeness (QED) is 0.457. The number of hydrogen-bond donors (Lipinski definition) is 1. The van der Waals surface area contributed by atoms with Crippen molar-refractivity contribution in [3.8, 4) is 10.4 Å². The van der Waals surface area contributed by atoms with Crippen LogP contribution in [0.5, 0.6) is 0 Å². The van der Waals surface area contributed by atoms with Crippen molar-refractivity contribution in [2.75, 3.05) is 30.7 Å². The molecule has 9 heteroatoms. The van der Waals surface area contributed by atoms with Crippen molar-refractivity contribution in [1.82, 2.24) is 4.90 Å². The van der Waals surface area contributed by atoms with E-state index in [9.17, 15) is 18.0 Å². The SMILES string of the molecule is CCOC(=O)c1cc(-c2ccccc2)sc1C1=CCN(C(=O)c2cccc(NS(C)(=O)=O)c2)CC1. The Hall–Kier alpha value is -3.43. The van der Waals surface area contributed by atoms with Gasteiger partial charge in [-0.15, -0.1) is 11.3 Å². The lowest BCUT2D eigenvalue weighted by molar-refractivity contribution is 0.0526. The minimum Gasteiger partial charge on any atom is -0.462 e. The van der Waals surface area contributed by atoms with Crippen LogP contribution in [0.25, 0.3) is 16.0 Å². The van der Waals surface area contributed by atoms with Gasteiger partial charge in [-0.3, -0.25) is 9.52 Å². The van der Waals surface area contributed by atoms with Gasteiger partial charge in [-0.05, 0) is 48.7 Å². The Labute approximate surface area is 209 Å². The molecule has 4 rings (SSSR count). The zero-order valence-electron chi connectivity index (χ0n) is 19.5. The second-order valence-electron chi connectivity index (χ2n) is 8.13. The first-order chi connectivity index (χ1) is 16.7. The number of esters is 1. The van der Waals surface area contributed by atoms with Gasteiger partial charge < -0.3 is 9.64 Å². The minimum absolute atomic E-state index is 0.181. The van der Waals surface area contributed by atoms with E-state index in [4.69, 9.17) is 4.74 Å². The molecule has 0 radical (unpaired) electrons. The van der Waals surface area contributed by atoms with E-state index in [2.05, 4.69) is 4.72 Å². The first kappa shape index (κ1) is 24.7. The van der Waals surface area contributed by atoms with Crippen LogP contribution in [0.1, 0.15) is 38.9 Å². The number of amides is 1. The summed E-state index contributed by atoms with van der Waals surface area (Å²) in [7, 11) is -3.44. The Morgan fingerprint density at radius 2 is 1.86 bits per heavy atom. The number of nitrogens with one attached hydrogen (secondary N) is 1. The Morgan fingerprint density at radius 3 is 2.51 bits per heavy atom. The van der Waals surface area contributed by atoms with Gasteiger partial charge in [-0.25, -0.2) is 13.2 Å². The summed E-state index contributed by atoms with van der Waals surface area (Å²) in [5.41, 5.74) is 3.34. The predicted molar refractivity (Wildman–Crippen MR) is 139 cm³/mol. The van der Waals surface area contributed by atoms with Gasteiger partial charge in [-0.1, -0.05) is 42.5 Å². The van der Waals surface area contributed by atoms with E-state index in [0.717, 1.165) is 27.1 Å². The van der Waals surface area contributed by atoms with Crippen LogP contribution in [0.2, 0.25) is 0 Å². The second kappa shape index (κ2) is 10.5. The van der Waals surface area contributed by atoms with Crippen LogP contribution in [0.15, 0.2) is 66.7 Å². The predicted octanol–water partition coefficient (Wildman–Crippen LogP) is 4.89. The fourth-order valence-electron chi connectivity index (χ4n) is 3.91. The molecule has 1 aromatic heterocycles. The molecule has 1 amide bonds. The van der Waals surface area contributed by atoms with Gasteiger partial charge >= 0.3 is 5.97 Å². The first-order valence-electron chi connectivity index (χ1n) is 11.2. The highest BCUT2D eigenvalue weighted by Gasteiger charge is 2.25. The number of anilines is 1. The van der Waals surface area contributed by atoms with E-state index in [1.165, 1.54) is 6.07 Å². The summed E-state index contributed by atoms with van der Waals surface area (Å²) in [5.74, 6) is -0.533. The third-order valence-electron chi connectivity index (χ3n) is 5.49. The molecule has 3 aromatic rings. The smallest absolute Gasteiger partial charge is 0.339 e. The molecule has 182 valence electrons. The summed E-state index contributed by atoms with van der Waals surface area (Å²) < 4.78 is 30.7. The second-order valence-corrected chi connectivity index (χ2v) is 10.9. The largest absolute Gasteiger partial charge is 0.462 e. The van der Waals surface area contributed by atoms with Crippen molar-refractivity contribution in [3.63, 3.8) is 0 Å². The summed E-state index contributed by atoms with van der Waals surface area (Å²) in [6.45, 7) is 2.95. The monoisotopic (exact) mass is 510 g/mol. The first-order valence-corrected chi connectivity index (χ1v) is 13.9. The summed E-state index contributed by atoms with van der Waals surface area (Å²) in [6, 6.07) is 18.2. The van der Waals surface area contributed by atoms with E-state index >= 15 is 0 Å². The van der Waals surface area contributed by atoms with Gasteiger partial charge in [0.05, 0.1) is 18.4 Å². The molecular weight excluding hydrogens is 484 g/mol. The fraction of sp³-hybridized carbons (Fsp3) is 0.231. The van der Waals surface area contributed by atoms with Gasteiger partial charge in [0, 0.05) is 34.1 Å². The van der Waals surface area contributed by atoms with Crippen LogP contribution in [-0.2, 0) is 14.8 Å². The van der Waals surface area contributed by atoms with E-state index in [1.54, 1.807) is 41.4 Å². The van der Waals surface area contributed by atoms with Crippen molar-refractivity contribution in [1.29, 1.82) is 0 Å². The Bertz CT molecular complexity index is 1380. The van der Waals surface area contributed by atoms with Crippen molar-refractivity contribution >= 4 is 44.5 Å². The number of rotatable bonds is 7. The minimum atomic E-state index is -3.44. The highest BCUT2D eigenvalue weighted by atomic mass is 32.2. The fourth-order valence-corrected chi connectivity index (χ4v) is 5.68. The van der Waals surface area contributed by atoms with Crippen LogP contribution in [0, 0.1) is 0 Å². The third-order valence-corrected chi connectivity index (χ3v) is 7.35. The zero-order valence-corrected chi connectivity index (χ0v) is 21.1. The molecule has 2 aromatic carbocycles. The van der Waals surface area contributed by atoms with Crippen molar-refractivity contribution < 1.29 is 22.7 Å². The average molecular weight is 511 g/mol. The molecule has 0 fully saturated rings. The van der Waals surface area contributed by atoms with Crippen molar-refractivity contribution in [2.24, 2.45) is 0 Å². The molecule has 1 aliphatic heterocycles. The lowest BCUT2D eigenvalue weighted by Gasteiger charge is -2.26. The van der Waals surface area contributed by atoms with Gasteiger partial charge in [0.2, 0.25) is 10.0 Å². The number of sulfonamides is 1. The summed E-state index contributed by atoms with van der Waals surface area (Å²) in [5, 5.41) is 0. The molecule has 1 aliphatic rings. The van der Waals surface area contributed by atoms with Crippen LogP contribution in [-0.4, -0.2) is 51.1 Å². The lowest BCUT2D eigenvalue weighted by atomic mass is 10.0. The molecule has 0 bridgehead atoms. The Morgan fingerprint density at radius 1 is 1.09 bits per heavy atom. The molecule has 35 heavy (non-hydrogen) atoms. The summed E-state index contributed by atoms with van der Waals surface area (Å²) >= 11 is 1.55. The average Bonchev–Trinajstić information content (AvgIpc) is 3.29. The van der Waals surface area contributed by atoms with Gasteiger partial charge in [0.1, 0.15) is 0 Å². The number of thiophene rings is 1. The Kier molecular flexibility index (Phi) is 7.37. The zero-order chi connectivity index (χ0) is 25.0. The number of carbonyl (C=O) groups is 2. The normalized spacial score (nSPS) is 13.8. The van der Waals surface area contributed by atoms with E-state index in [0.29, 0.717) is 42.9 Å². The number of benzene rings is 2. The standard InChI is InChI=1S/C26H26N2O5S2/c1-3-33-26(30)22-17-23(18-8-5-4-6-9-18)34-24(22)19-12-14-28(15-13-19)25(29)20-10-7-11-21(16-20)27-35(2,31)32/h4-12,16-17,27H,3,13-15H2,1-2H3. The number of ether oxygens (including phenoxy) is 1. The molecule has 2 heterocycles. The molecule has 0 atom stereocenters. The number of carbonyl (C=O) groups excluding carboxylic acids is 2. The highest BCUT2D eigenvalue weighted by Crippen LogP contribution is 2.38. The maximum atomic E-state index is 13.1. The topological polar surface area (TPSA) is 92.8 Å². The maximum absolute atomic E-state index is 13.1. The van der Waals surface area contributed by atoms with E-state index in [1.807, 2.05) is 42.5 Å². The van der Waals surface area contributed by atoms with Crippen LogP contribution >= 0.6 is 11.3 Å². The highest BCUT2D eigenvalue weighted by molar-refractivity contribution is 7.92. The van der Waals surface area contributed by atoms with Crippen LogP contribution in [0.4, 0.5) is 5.69 Å². The molecule has 0 spiro atoms. The van der Waals surface area contributed by atoms with Crippen LogP contribution < -0.4 is 4.72 Å². The molecule has 7 nitrogen and oxygen atoms in total. The Balaban J connectivity index is 1.57. The maximum Gasteiger partial charge on any atom is 0.339 e. The van der Waals surface area contributed by atoms with E-state index < -0.39 is 10.0 Å². The van der Waals surface area contributed by atoms with Gasteiger partial charge in [0.25, 0.3) is 5.91 Å². The third kappa shape index (κ3) is 5.98. The number of hydrogen-bond acceptors (Lipinski definition) is 6. The molecule has 1 N–H and O–H groups in total. The molecule has 0 saturated heterocycles. The molecule has 0 aliphatic carbocycles. The summed E-state index contributed by atoms with van der Waals surface area (Å²) in [6.07, 6.45) is 3.63. The summed E-state index contributed by atoms with van der Waals surface area (Å²) in [4.78, 5) is 29.3. The molecule has 0 unspecified atom stereocenters. The van der Waals surface area contributed by atoms with Crippen molar-refractivity contribution in [2.45, 2.75) is 13.3 Å². The lowest BCUT2D eigenvalue weighted by Crippen LogP contribution is -2.34. The molecular formula is C26H26N2O5S2. The van der Waals surface area contributed by atoms with E-state index in [-0.39, 0.29) is 11.9 Å². The molecule has 0 saturated carbocycles. The number of nitrogens with zero attached hydrogens (tertiary/aromatic N) is 1.